The van der Waals surface area contributed by atoms with E-state index < -0.39 is 23.1 Å². The number of hydrogen-bond donors (Lipinski definition) is 2. The van der Waals surface area contributed by atoms with Gasteiger partial charge in [0.1, 0.15) is 17.2 Å². The minimum Gasteiger partial charge on any atom is -0.435 e. The van der Waals surface area contributed by atoms with Gasteiger partial charge in [-0.15, -0.1) is 0 Å². The molecule has 8 heteroatoms. The number of nitrogens with zero attached hydrogens (tertiary/aromatic N) is 2. The number of amides is 1. The number of nitrogens with one attached hydrogen (secondary N) is 1. The van der Waals surface area contributed by atoms with Crippen LogP contribution >= 0.6 is 0 Å². The number of carbonyl (C=O) groups is 1. The number of nitrogens with two attached hydrogens (primary N) is 1. The lowest BCUT2D eigenvalue weighted by Gasteiger charge is -2.27. The molecule has 3 aromatic rings. The van der Waals surface area contributed by atoms with Gasteiger partial charge in [-0.1, -0.05) is 24.3 Å². The Morgan fingerprint density at radius 2 is 1.83 bits per heavy atom. The summed E-state index contributed by atoms with van der Waals surface area (Å²) in [7, 11) is 0. The summed E-state index contributed by atoms with van der Waals surface area (Å²) in [6.07, 6.45) is 0. The van der Waals surface area contributed by atoms with E-state index in [4.69, 9.17) is 10.2 Å². The highest BCUT2D eigenvalue weighted by Gasteiger charge is 2.24. The van der Waals surface area contributed by atoms with Gasteiger partial charge in [0, 0.05) is 38.3 Å². The number of aromatic nitrogens is 1. The SMILES string of the molecule is NC(=O)c1nc(-c2c(F)cccc2F)oc1-c1cccc(CN2CCNCC2)c1. The van der Waals surface area contributed by atoms with Crippen LogP contribution < -0.4 is 11.1 Å². The number of carbonyl (C=O) groups excluding carboxylic acids is 1. The summed E-state index contributed by atoms with van der Waals surface area (Å²) in [4.78, 5) is 18.2. The summed E-state index contributed by atoms with van der Waals surface area (Å²) in [6.45, 7) is 4.49. The summed E-state index contributed by atoms with van der Waals surface area (Å²) in [5, 5.41) is 3.31. The van der Waals surface area contributed by atoms with Gasteiger partial charge in [-0.3, -0.25) is 9.69 Å². The first-order valence-corrected chi connectivity index (χ1v) is 9.30. The minimum atomic E-state index is -0.834. The van der Waals surface area contributed by atoms with Crippen LogP contribution in [0, 0.1) is 11.6 Å². The van der Waals surface area contributed by atoms with Crippen molar-refractivity contribution in [1.29, 1.82) is 0 Å². The molecule has 0 saturated carbocycles. The molecule has 29 heavy (non-hydrogen) atoms. The largest absolute Gasteiger partial charge is 0.435 e. The Balaban J connectivity index is 1.72. The van der Waals surface area contributed by atoms with Crippen LogP contribution in [0.4, 0.5) is 8.78 Å². The molecule has 1 saturated heterocycles. The maximum Gasteiger partial charge on any atom is 0.271 e. The first-order valence-electron chi connectivity index (χ1n) is 9.30. The summed E-state index contributed by atoms with van der Waals surface area (Å²) in [5.41, 5.74) is 6.44. The van der Waals surface area contributed by atoms with E-state index in [1.165, 1.54) is 6.07 Å². The molecular formula is C21H20F2N4O2. The van der Waals surface area contributed by atoms with Crippen LogP contribution in [-0.4, -0.2) is 42.0 Å². The third-order valence-electron chi connectivity index (χ3n) is 4.84. The van der Waals surface area contributed by atoms with Crippen LogP contribution in [0.2, 0.25) is 0 Å². The fourth-order valence-corrected chi connectivity index (χ4v) is 3.43. The Hall–Kier alpha value is -3.10. The van der Waals surface area contributed by atoms with E-state index in [-0.39, 0.29) is 17.3 Å². The zero-order chi connectivity index (χ0) is 20.4. The number of piperazine rings is 1. The second-order valence-corrected chi connectivity index (χ2v) is 6.88. The molecule has 4 rings (SSSR count). The van der Waals surface area contributed by atoms with Gasteiger partial charge in [-0.05, 0) is 23.8 Å². The topological polar surface area (TPSA) is 84.4 Å². The Bertz CT molecular complexity index is 1020. The van der Waals surface area contributed by atoms with Crippen LogP contribution in [0.15, 0.2) is 46.9 Å². The molecule has 0 unspecified atom stereocenters. The number of halogens is 2. The van der Waals surface area contributed by atoms with E-state index in [1.807, 2.05) is 18.2 Å². The van der Waals surface area contributed by atoms with Crippen molar-refractivity contribution < 1.29 is 18.0 Å². The predicted molar refractivity (Wildman–Crippen MR) is 104 cm³/mol. The number of benzene rings is 2. The van der Waals surface area contributed by atoms with E-state index in [0.29, 0.717) is 5.56 Å². The zero-order valence-corrected chi connectivity index (χ0v) is 15.6. The van der Waals surface area contributed by atoms with E-state index in [2.05, 4.69) is 15.2 Å². The van der Waals surface area contributed by atoms with Crippen molar-refractivity contribution in [2.24, 2.45) is 5.73 Å². The molecule has 1 fully saturated rings. The molecule has 1 aliphatic rings. The van der Waals surface area contributed by atoms with Crippen LogP contribution in [-0.2, 0) is 6.54 Å². The number of primary amides is 1. The molecule has 1 aliphatic heterocycles. The van der Waals surface area contributed by atoms with Crippen LogP contribution in [0.25, 0.3) is 22.8 Å². The van der Waals surface area contributed by atoms with Crippen molar-refractivity contribution in [3.8, 4) is 22.8 Å². The Morgan fingerprint density at radius 3 is 2.52 bits per heavy atom. The first-order chi connectivity index (χ1) is 14.0. The molecule has 0 radical (unpaired) electrons. The molecule has 1 amide bonds. The smallest absolute Gasteiger partial charge is 0.271 e. The molecule has 3 N–H and O–H groups in total. The van der Waals surface area contributed by atoms with Crippen molar-refractivity contribution in [3.05, 3.63) is 65.4 Å². The van der Waals surface area contributed by atoms with Crippen molar-refractivity contribution in [1.82, 2.24) is 15.2 Å². The van der Waals surface area contributed by atoms with Crippen LogP contribution in [0.5, 0.6) is 0 Å². The van der Waals surface area contributed by atoms with Crippen molar-refractivity contribution in [2.45, 2.75) is 6.54 Å². The second kappa shape index (κ2) is 8.10. The van der Waals surface area contributed by atoms with Gasteiger partial charge in [0.15, 0.2) is 11.5 Å². The van der Waals surface area contributed by atoms with Gasteiger partial charge >= 0.3 is 0 Å². The molecule has 0 aliphatic carbocycles. The number of hydrogen-bond acceptors (Lipinski definition) is 5. The van der Waals surface area contributed by atoms with Gasteiger partial charge < -0.3 is 15.5 Å². The van der Waals surface area contributed by atoms with Gasteiger partial charge in [0.25, 0.3) is 5.91 Å². The molecule has 150 valence electrons. The molecular weight excluding hydrogens is 378 g/mol. The van der Waals surface area contributed by atoms with Gasteiger partial charge in [0.2, 0.25) is 5.89 Å². The summed E-state index contributed by atoms with van der Waals surface area (Å²) in [6, 6.07) is 10.9. The Morgan fingerprint density at radius 1 is 1.14 bits per heavy atom. The van der Waals surface area contributed by atoms with E-state index in [9.17, 15) is 13.6 Å². The highest BCUT2D eigenvalue weighted by Crippen LogP contribution is 2.32. The highest BCUT2D eigenvalue weighted by atomic mass is 19.1. The Labute approximate surface area is 166 Å². The minimum absolute atomic E-state index is 0.0947. The summed E-state index contributed by atoms with van der Waals surface area (Å²) < 4.78 is 33.9. The maximum atomic E-state index is 14.1. The highest BCUT2D eigenvalue weighted by molar-refractivity contribution is 5.97. The fourth-order valence-electron chi connectivity index (χ4n) is 3.43. The lowest BCUT2D eigenvalue weighted by Crippen LogP contribution is -2.42. The third kappa shape index (κ3) is 4.03. The van der Waals surface area contributed by atoms with Gasteiger partial charge in [-0.2, -0.15) is 0 Å². The lowest BCUT2D eigenvalue weighted by molar-refractivity contribution is 0.0996. The summed E-state index contributed by atoms with van der Waals surface area (Å²) >= 11 is 0. The predicted octanol–water partition coefficient (Wildman–Crippen LogP) is 2.79. The number of rotatable bonds is 5. The molecule has 0 bridgehead atoms. The zero-order valence-electron chi connectivity index (χ0n) is 15.6. The molecule has 2 heterocycles. The quantitative estimate of drug-likeness (QED) is 0.691. The average Bonchev–Trinajstić information content (AvgIpc) is 3.14. The summed E-state index contributed by atoms with van der Waals surface area (Å²) in [5.74, 6) is -2.73. The van der Waals surface area contributed by atoms with Gasteiger partial charge in [-0.25, -0.2) is 13.8 Å². The van der Waals surface area contributed by atoms with Crippen molar-refractivity contribution >= 4 is 5.91 Å². The molecule has 0 spiro atoms. The van der Waals surface area contributed by atoms with Crippen LogP contribution in [0.1, 0.15) is 16.1 Å². The van der Waals surface area contributed by atoms with Crippen molar-refractivity contribution in [2.75, 3.05) is 26.2 Å². The molecule has 2 aromatic carbocycles. The standard InChI is InChI=1S/C21H20F2N4O2/c22-15-5-2-6-16(23)17(15)21-26-18(20(24)28)19(29-21)14-4-1-3-13(11-14)12-27-9-7-25-8-10-27/h1-6,11,25H,7-10,12H2,(H2,24,28). The second-order valence-electron chi connectivity index (χ2n) is 6.88. The average molecular weight is 398 g/mol. The first kappa shape index (κ1) is 19.2. The Kier molecular flexibility index (Phi) is 5.37. The molecule has 0 atom stereocenters. The van der Waals surface area contributed by atoms with Crippen molar-refractivity contribution in [3.63, 3.8) is 0 Å². The number of oxazole rings is 1. The van der Waals surface area contributed by atoms with Gasteiger partial charge in [0.05, 0.1) is 0 Å². The maximum absolute atomic E-state index is 14.1. The van der Waals surface area contributed by atoms with E-state index in [0.717, 1.165) is 50.4 Å². The lowest BCUT2D eigenvalue weighted by atomic mass is 10.1. The molecule has 6 nitrogen and oxygen atoms in total. The van der Waals surface area contributed by atoms with E-state index >= 15 is 0 Å². The fraction of sp³-hybridized carbons (Fsp3) is 0.238. The monoisotopic (exact) mass is 398 g/mol. The normalized spacial score (nSPS) is 14.8. The molecule has 1 aromatic heterocycles. The third-order valence-corrected chi connectivity index (χ3v) is 4.84. The van der Waals surface area contributed by atoms with E-state index in [1.54, 1.807) is 6.07 Å². The van der Waals surface area contributed by atoms with Crippen LogP contribution in [0.3, 0.4) is 0 Å².